The van der Waals surface area contributed by atoms with Gasteiger partial charge in [-0.1, -0.05) is 28.1 Å². The molecule has 0 aliphatic heterocycles. The molecule has 0 aliphatic rings. The van der Waals surface area contributed by atoms with Gasteiger partial charge in [-0.2, -0.15) is 0 Å². The SMILES string of the molecule is COCCCN(CC(=O)N(CCc1ccc(OC)c(OC)c1)Cc1cccs1)C(=O)Nc1ccc(Br)cc1. The van der Waals surface area contributed by atoms with Crippen molar-refractivity contribution in [1.29, 1.82) is 0 Å². The average molecular weight is 605 g/mol. The fraction of sp³-hybridized carbons (Fsp3) is 0.357. The molecule has 204 valence electrons. The van der Waals surface area contributed by atoms with Crippen LogP contribution in [-0.2, 0) is 22.5 Å². The molecule has 0 bridgehead atoms. The van der Waals surface area contributed by atoms with E-state index in [0.29, 0.717) is 56.3 Å². The summed E-state index contributed by atoms with van der Waals surface area (Å²) in [6, 6.07) is 16.7. The van der Waals surface area contributed by atoms with Crippen molar-refractivity contribution in [3.05, 3.63) is 74.9 Å². The zero-order valence-corrected chi connectivity index (χ0v) is 24.3. The predicted octanol–water partition coefficient (Wildman–Crippen LogP) is 5.67. The van der Waals surface area contributed by atoms with Crippen molar-refractivity contribution in [2.45, 2.75) is 19.4 Å². The summed E-state index contributed by atoms with van der Waals surface area (Å²) in [5.41, 5.74) is 1.68. The maximum absolute atomic E-state index is 13.6. The Morgan fingerprint density at radius 1 is 0.947 bits per heavy atom. The van der Waals surface area contributed by atoms with Gasteiger partial charge in [0.25, 0.3) is 0 Å². The maximum Gasteiger partial charge on any atom is 0.322 e. The number of hydrogen-bond donors (Lipinski definition) is 1. The molecular formula is C28H34BrN3O5S. The zero-order valence-electron chi connectivity index (χ0n) is 21.9. The lowest BCUT2D eigenvalue weighted by molar-refractivity contribution is -0.132. The van der Waals surface area contributed by atoms with Crippen molar-refractivity contribution >= 4 is 44.9 Å². The first-order chi connectivity index (χ1) is 18.4. The summed E-state index contributed by atoms with van der Waals surface area (Å²) in [4.78, 5) is 31.2. The van der Waals surface area contributed by atoms with Gasteiger partial charge in [-0.05, 0) is 66.2 Å². The summed E-state index contributed by atoms with van der Waals surface area (Å²) in [5.74, 6) is 1.18. The van der Waals surface area contributed by atoms with Crippen LogP contribution < -0.4 is 14.8 Å². The van der Waals surface area contributed by atoms with Crippen LogP contribution in [0.5, 0.6) is 11.5 Å². The lowest BCUT2D eigenvalue weighted by atomic mass is 10.1. The van der Waals surface area contributed by atoms with Gasteiger partial charge >= 0.3 is 6.03 Å². The summed E-state index contributed by atoms with van der Waals surface area (Å²) in [7, 11) is 4.82. The molecule has 1 heterocycles. The summed E-state index contributed by atoms with van der Waals surface area (Å²) in [6.45, 7) is 1.82. The molecule has 0 fully saturated rings. The lowest BCUT2D eigenvalue weighted by Crippen LogP contribution is -2.45. The van der Waals surface area contributed by atoms with Gasteiger partial charge in [0.1, 0.15) is 6.54 Å². The Labute approximate surface area is 236 Å². The number of carbonyl (C=O) groups is 2. The number of nitrogens with one attached hydrogen (secondary N) is 1. The average Bonchev–Trinajstić information content (AvgIpc) is 3.44. The zero-order chi connectivity index (χ0) is 27.3. The number of anilines is 1. The molecule has 0 atom stereocenters. The third kappa shape index (κ3) is 9.04. The first-order valence-electron chi connectivity index (χ1n) is 12.2. The molecule has 0 aliphatic carbocycles. The molecule has 2 aromatic carbocycles. The molecule has 0 radical (unpaired) electrons. The monoisotopic (exact) mass is 603 g/mol. The standard InChI is InChI=1S/C28H34BrN3O5S/c1-35-16-5-14-32(28(34)30-23-10-8-22(29)9-11-23)20-27(33)31(19-24-6-4-17-38-24)15-13-21-7-12-25(36-2)26(18-21)37-3/h4,6-12,17-18H,5,13-16,19-20H2,1-3H3,(H,30,34). The minimum Gasteiger partial charge on any atom is -0.493 e. The quantitative estimate of drug-likeness (QED) is 0.240. The van der Waals surface area contributed by atoms with E-state index >= 15 is 0 Å². The topological polar surface area (TPSA) is 80.3 Å². The predicted molar refractivity (Wildman–Crippen MR) is 154 cm³/mol. The summed E-state index contributed by atoms with van der Waals surface area (Å²) < 4.78 is 16.9. The second kappa shape index (κ2) is 15.4. The van der Waals surface area contributed by atoms with Crippen LogP contribution in [0.25, 0.3) is 0 Å². The Bertz CT molecular complexity index is 1160. The number of thiophene rings is 1. The van der Waals surface area contributed by atoms with Crippen molar-refractivity contribution in [3.8, 4) is 11.5 Å². The van der Waals surface area contributed by atoms with Gasteiger partial charge in [0.2, 0.25) is 5.91 Å². The number of amides is 3. The molecule has 0 unspecified atom stereocenters. The molecule has 0 spiro atoms. The summed E-state index contributed by atoms with van der Waals surface area (Å²) in [6.07, 6.45) is 1.25. The minimum atomic E-state index is -0.326. The number of carbonyl (C=O) groups excluding carboxylic acids is 2. The van der Waals surface area contributed by atoms with Crippen LogP contribution in [0.2, 0.25) is 0 Å². The van der Waals surface area contributed by atoms with Crippen molar-refractivity contribution in [2.24, 2.45) is 0 Å². The normalized spacial score (nSPS) is 10.6. The van der Waals surface area contributed by atoms with Crippen LogP contribution in [0.1, 0.15) is 16.9 Å². The maximum atomic E-state index is 13.6. The molecule has 3 aromatic rings. The van der Waals surface area contributed by atoms with Gasteiger partial charge in [0.05, 0.1) is 20.8 Å². The van der Waals surface area contributed by atoms with Gasteiger partial charge in [-0.25, -0.2) is 4.79 Å². The number of hydrogen-bond acceptors (Lipinski definition) is 6. The van der Waals surface area contributed by atoms with Crippen molar-refractivity contribution in [1.82, 2.24) is 9.80 Å². The fourth-order valence-electron chi connectivity index (χ4n) is 3.83. The van der Waals surface area contributed by atoms with Crippen molar-refractivity contribution in [3.63, 3.8) is 0 Å². The fourth-order valence-corrected chi connectivity index (χ4v) is 4.82. The van der Waals surface area contributed by atoms with Crippen LogP contribution >= 0.6 is 27.3 Å². The summed E-state index contributed by atoms with van der Waals surface area (Å²) in [5, 5.41) is 4.89. The number of ether oxygens (including phenoxy) is 3. The third-order valence-electron chi connectivity index (χ3n) is 5.88. The highest BCUT2D eigenvalue weighted by Gasteiger charge is 2.22. The first-order valence-corrected chi connectivity index (χ1v) is 13.9. The smallest absolute Gasteiger partial charge is 0.322 e. The Morgan fingerprint density at radius 2 is 1.71 bits per heavy atom. The second-order valence-electron chi connectivity index (χ2n) is 8.54. The van der Waals surface area contributed by atoms with E-state index in [1.165, 1.54) is 0 Å². The van der Waals surface area contributed by atoms with E-state index in [-0.39, 0.29) is 18.5 Å². The Balaban J connectivity index is 1.73. The number of nitrogens with zero attached hydrogens (tertiary/aromatic N) is 2. The number of methoxy groups -OCH3 is 3. The number of halogens is 1. The van der Waals surface area contributed by atoms with E-state index in [2.05, 4.69) is 21.2 Å². The minimum absolute atomic E-state index is 0.0383. The lowest BCUT2D eigenvalue weighted by Gasteiger charge is -2.28. The van der Waals surface area contributed by atoms with E-state index in [4.69, 9.17) is 14.2 Å². The highest BCUT2D eigenvalue weighted by atomic mass is 79.9. The Kier molecular flexibility index (Phi) is 11.9. The van der Waals surface area contributed by atoms with Gasteiger partial charge in [-0.15, -0.1) is 11.3 Å². The molecule has 3 amide bonds. The van der Waals surface area contributed by atoms with E-state index in [1.807, 2.05) is 60.0 Å². The van der Waals surface area contributed by atoms with Gasteiger partial charge in [-0.3, -0.25) is 4.79 Å². The van der Waals surface area contributed by atoms with E-state index in [9.17, 15) is 9.59 Å². The van der Waals surface area contributed by atoms with Gasteiger partial charge < -0.3 is 29.3 Å². The molecule has 0 saturated heterocycles. The highest BCUT2D eigenvalue weighted by molar-refractivity contribution is 9.10. The van der Waals surface area contributed by atoms with Crippen LogP contribution in [0.15, 0.2) is 64.5 Å². The van der Waals surface area contributed by atoms with Crippen LogP contribution in [0.3, 0.4) is 0 Å². The molecule has 10 heteroatoms. The van der Waals surface area contributed by atoms with Crippen molar-refractivity contribution in [2.75, 3.05) is 52.9 Å². The Morgan fingerprint density at radius 3 is 2.37 bits per heavy atom. The van der Waals surface area contributed by atoms with Crippen LogP contribution in [0.4, 0.5) is 10.5 Å². The molecule has 1 aromatic heterocycles. The molecule has 38 heavy (non-hydrogen) atoms. The number of benzene rings is 2. The molecule has 3 rings (SSSR count). The second-order valence-corrected chi connectivity index (χ2v) is 10.5. The highest BCUT2D eigenvalue weighted by Crippen LogP contribution is 2.28. The number of rotatable bonds is 14. The molecular weight excluding hydrogens is 570 g/mol. The first kappa shape index (κ1) is 29.5. The van der Waals surface area contributed by atoms with E-state index in [1.54, 1.807) is 42.5 Å². The molecule has 8 nitrogen and oxygen atoms in total. The van der Waals surface area contributed by atoms with Gasteiger partial charge in [0, 0.05) is 41.8 Å². The molecule has 1 N–H and O–H groups in total. The van der Waals surface area contributed by atoms with Crippen LogP contribution in [0, 0.1) is 0 Å². The molecule has 0 saturated carbocycles. The number of urea groups is 1. The van der Waals surface area contributed by atoms with Crippen molar-refractivity contribution < 1.29 is 23.8 Å². The Hall–Kier alpha value is -3.08. The van der Waals surface area contributed by atoms with Gasteiger partial charge in [0.15, 0.2) is 11.5 Å². The van der Waals surface area contributed by atoms with E-state index < -0.39 is 0 Å². The van der Waals surface area contributed by atoms with Crippen LogP contribution in [-0.4, -0.2) is 69.3 Å². The summed E-state index contributed by atoms with van der Waals surface area (Å²) >= 11 is 5.01. The largest absolute Gasteiger partial charge is 0.493 e. The third-order valence-corrected chi connectivity index (χ3v) is 7.27. The van der Waals surface area contributed by atoms with E-state index in [0.717, 1.165) is 14.9 Å².